The van der Waals surface area contributed by atoms with Crippen molar-refractivity contribution in [3.63, 3.8) is 0 Å². The Morgan fingerprint density at radius 1 is 1.05 bits per heavy atom. The van der Waals surface area contributed by atoms with E-state index in [0.29, 0.717) is 58.0 Å². The Kier molecular flexibility index (Phi) is 12.1. The summed E-state index contributed by atoms with van der Waals surface area (Å²) in [5.74, 6) is 4.79. The molecule has 3 fully saturated rings. The lowest BCUT2D eigenvalue weighted by Crippen LogP contribution is -2.43. The number of allylic oxidation sites excluding steroid dienone is 1. The van der Waals surface area contributed by atoms with Crippen LogP contribution in [0.2, 0.25) is 5.02 Å². The highest BCUT2D eigenvalue weighted by Gasteiger charge is 2.43. The summed E-state index contributed by atoms with van der Waals surface area (Å²) in [4.78, 5) is 30.1. The molecule has 1 aromatic carbocycles. The van der Waals surface area contributed by atoms with Crippen LogP contribution in [0, 0.1) is 35.5 Å². The summed E-state index contributed by atoms with van der Waals surface area (Å²) in [5, 5.41) is 32.2. The summed E-state index contributed by atoms with van der Waals surface area (Å²) in [7, 11) is 0. The first kappa shape index (κ1) is 43.1. The van der Waals surface area contributed by atoms with Gasteiger partial charge in [-0.1, -0.05) is 25.4 Å². The molecule has 17 heteroatoms. The second-order valence-corrected chi connectivity index (χ2v) is 20.1. The van der Waals surface area contributed by atoms with Crippen molar-refractivity contribution < 1.29 is 18.7 Å². The molecular formula is C48H52ClN11O4S. The number of fused-ring (bicyclic) bond motifs is 2. The fourth-order valence-electron chi connectivity index (χ4n) is 10.4. The Bertz CT molecular complexity index is 2640. The molecule has 15 nitrogen and oxygen atoms in total. The fourth-order valence-corrected chi connectivity index (χ4v) is 12.0. The lowest BCUT2D eigenvalue weighted by molar-refractivity contribution is 0.0888. The van der Waals surface area contributed by atoms with Crippen molar-refractivity contribution in [3.8, 4) is 17.7 Å². The van der Waals surface area contributed by atoms with Crippen molar-refractivity contribution in [2.24, 2.45) is 22.2 Å². The zero-order valence-corrected chi connectivity index (χ0v) is 38.4. The van der Waals surface area contributed by atoms with Crippen LogP contribution in [-0.4, -0.2) is 83.6 Å². The van der Waals surface area contributed by atoms with Gasteiger partial charge < -0.3 is 24.1 Å². The van der Waals surface area contributed by atoms with Crippen molar-refractivity contribution in [3.05, 3.63) is 106 Å². The van der Waals surface area contributed by atoms with Crippen LogP contribution in [0.15, 0.2) is 76.1 Å². The quantitative estimate of drug-likeness (QED) is 0.133. The molecule has 4 aromatic heterocycles. The van der Waals surface area contributed by atoms with Gasteiger partial charge in [0.25, 0.3) is 5.91 Å². The highest BCUT2D eigenvalue weighted by molar-refractivity contribution is 8.08. The van der Waals surface area contributed by atoms with E-state index in [1.165, 1.54) is 12.0 Å². The number of aryl methyl sites for hydroxylation is 1. The predicted molar refractivity (Wildman–Crippen MR) is 247 cm³/mol. The van der Waals surface area contributed by atoms with Gasteiger partial charge in [0.05, 0.1) is 46.7 Å². The summed E-state index contributed by atoms with van der Waals surface area (Å²) in [6.45, 7) is 8.97. The number of nitrogens with one attached hydrogen (secondary N) is 1. The number of benzene rings is 1. The van der Waals surface area contributed by atoms with E-state index < -0.39 is 0 Å². The number of hydrogen-bond donors (Lipinski definition) is 1. The molecule has 0 bridgehead atoms. The number of rotatable bonds is 11. The molecule has 1 N–H and O–H groups in total. The van der Waals surface area contributed by atoms with Gasteiger partial charge in [-0.25, -0.2) is 9.97 Å². The van der Waals surface area contributed by atoms with Crippen molar-refractivity contribution in [1.29, 1.82) is 5.26 Å². The van der Waals surface area contributed by atoms with Crippen molar-refractivity contribution >= 4 is 45.8 Å². The van der Waals surface area contributed by atoms with Gasteiger partial charge in [0.15, 0.2) is 23.2 Å². The molecule has 65 heavy (non-hydrogen) atoms. The summed E-state index contributed by atoms with van der Waals surface area (Å²) in [6.07, 6.45) is 14.4. The van der Waals surface area contributed by atoms with Gasteiger partial charge in [-0.2, -0.15) is 5.26 Å². The third kappa shape index (κ3) is 8.97. The molecule has 1 saturated heterocycles. The Hall–Kier alpha value is -5.79. The van der Waals surface area contributed by atoms with Crippen LogP contribution in [0.1, 0.15) is 117 Å². The fraction of sp³-hybridized carbons (Fsp3) is 0.479. The van der Waals surface area contributed by atoms with E-state index in [9.17, 15) is 4.79 Å². The second-order valence-electron chi connectivity index (χ2n) is 18.3. The average Bonchev–Trinajstić information content (AvgIpc) is 4.11. The monoisotopic (exact) mass is 913 g/mol. The number of pyridine rings is 1. The highest BCUT2D eigenvalue weighted by atomic mass is 35.5. The maximum atomic E-state index is 13.2. The number of carbonyl (C=O) groups is 1. The topological polar surface area (TPSA) is 182 Å². The smallest absolute Gasteiger partial charge is 0.272 e. The number of aromatic nitrogens is 7. The molecule has 336 valence electrons. The minimum absolute atomic E-state index is 0.0261. The molecular weight excluding hydrogens is 862 g/mol. The highest BCUT2D eigenvalue weighted by Crippen LogP contribution is 2.50. The first-order valence-corrected chi connectivity index (χ1v) is 24.0. The van der Waals surface area contributed by atoms with Gasteiger partial charge in [-0.3, -0.25) is 14.4 Å². The SMILES string of the molecule is Cc1nnc2n1C1=C(C(c3ccc(OC[C@@H]4CC[C@@]5(CCCN(c6ccc(C(=O)NC7CCC(Oc8ccc(C#N)c(Cl)c8)CC7)nn6)C5)C4)nc3)=N[C@H]2Cc2ncco2)C(C)C(C)S1. The zero-order chi connectivity index (χ0) is 44.7. The Morgan fingerprint density at radius 3 is 2.68 bits per heavy atom. The molecule has 1 spiro atoms. The summed E-state index contributed by atoms with van der Waals surface area (Å²) >= 11 is 8.03. The molecule has 2 saturated carbocycles. The van der Waals surface area contributed by atoms with Gasteiger partial charge >= 0.3 is 0 Å². The molecule has 3 aliphatic heterocycles. The van der Waals surface area contributed by atoms with Crippen LogP contribution in [0.5, 0.6) is 11.6 Å². The first-order chi connectivity index (χ1) is 31.6. The van der Waals surface area contributed by atoms with E-state index in [0.717, 1.165) is 98.2 Å². The number of ether oxygens (including phenoxy) is 2. The maximum Gasteiger partial charge on any atom is 0.272 e. The van der Waals surface area contributed by atoms with Crippen LogP contribution < -0.4 is 19.7 Å². The molecule has 5 atom stereocenters. The van der Waals surface area contributed by atoms with E-state index in [4.69, 9.17) is 40.7 Å². The number of nitrogens with zero attached hydrogens (tertiary/aromatic N) is 10. The number of carbonyl (C=O) groups excluding carboxylic acids is 1. The number of piperidine rings is 1. The third-order valence-corrected chi connectivity index (χ3v) is 15.7. The standard InChI is InChI=1S/C48H52ClN11O4S/c1-28-29(2)65-47-43(28)44(54-39(22-42-51-18-20-62-42)45-58-55-30(3)60(45)47)33-6-14-41(52-25-33)63-26-31-15-17-48(23-31)16-4-19-59(27-48)40-13-12-38(56-57-40)46(61)53-34-7-10-35(11-8-34)64-36-9-5-32(24-50)37(49)21-36/h5-6,9,12-14,18,20-21,25,28-29,31,34-35,39H,4,7-8,10-11,15-17,19,22-23,26-27H2,1-3H3,(H,53,61)/t28?,29?,31-,34?,35?,39+,48+/m1/s1. The molecule has 7 heterocycles. The van der Waals surface area contributed by atoms with Crippen molar-refractivity contribution in [2.45, 2.75) is 108 Å². The van der Waals surface area contributed by atoms with E-state index in [2.05, 4.69) is 66.1 Å². The largest absolute Gasteiger partial charge is 0.490 e. The lowest BCUT2D eigenvalue weighted by atomic mass is 9.78. The second kappa shape index (κ2) is 18.2. The van der Waals surface area contributed by atoms with Gasteiger partial charge in [0.1, 0.15) is 29.9 Å². The molecule has 5 aliphatic rings. The lowest BCUT2D eigenvalue weighted by Gasteiger charge is -2.41. The van der Waals surface area contributed by atoms with Crippen LogP contribution in [0.3, 0.4) is 0 Å². The molecule has 5 aromatic rings. The average molecular weight is 915 g/mol. The molecule has 10 rings (SSSR count). The van der Waals surface area contributed by atoms with Crippen LogP contribution in [-0.2, 0) is 6.42 Å². The van der Waals surface area contributed by atoms with Crippen molar-refractivity contribution in [2.75, 3.05) is 24.6 Å². The van der Waals surface area contributed by atoms with E-state index in [1.54, 1.807) is 36.7 Å². The molecule has 1 amide bonds. The maximum absolute atomic E-state index is 13.2. The minimum atomic E-state index is -0.328. The summed E-state index contributed by atoms with van der Waals surface area (Å²) in [6, 6.07) is 14.7. The van der Waals surface area contributed by atoms with Crippen LogP contribution in [0.25, 0.3) is 5.03 Å². The Balaban J connectivity index is 0.728. The number of aliphatic imine (C=N–C) groups is 1. The minimum Gasteiger partial charge on any atom is -0.490 e. The number of hydrogen-bond acceptors (Lipinski definition) is 14. The summed E-state index contributed by atoms with van der Waals surface area (Å²) in [5.41, 5.74) is 3.98. The third-order valence-electron chi connectivity index (χ3n) is 14.0. The van der Waals surface area contributed by atoms with Gasteiger partial charge in [-0.05, 0) is 112 Å². The molecule has 2 aliphatic carbocycles. The van der Waals surface area contributed by atoms with E-state index in [1.807, 2.05) is 37.0 Å². The normalized spacial score (nSPS) is 26.3. The molecule has 0 radical (unpaired) electrons. The zero-order valence-electron chi connectivity index (χ0n) is 36.8. The summed E-state index contributed by atoms with van der Waals surface area (Å²) < 4.78 is 20.3. The van der Waals surface area contributed by atoms with Gasteiger partial charge in [-0.15, -0.1) is 32.2 Å². The van der Waals surface area contributed by atoms with Crippen LogP contribution >= 0.6 is 23.4 Å². The number of amides is 1. The number of halogens is 1. The number of thioether (sulfide) groups is 1. The van der Waals surface area contributed by atoms with Crippen molar-refractivity contribution in [1.82, 2.24) is 40.2 Å². The Labute approximate surface area is 387 Å². The van der Waals surface area contributed by atoms with Gasteiger partial charge in [0.2, 0.25) is 5.88 Å². The number of oxazole rings is 1. The molecule has 2 unspecified atom stereocenters. The van der Waals surface area contributed by atoms with E-state index in [-0.39, 0.29) is 35.4 Å². The first-order valence-electron chi connectivity index (χ1n) is 22.8. The van der Waals surface area contributed by atoms with Crippen LogP contribution in [0.4, 0.5) is 5.82 Å². The van der Waals surface area contributed by atoms with E-state index >= 15 is 0 Å². The van der Waals surface area contributed by atoms with Gasteiger partial charge in [0, 0.05) is 53.8 Å². The number of nitriles is 1. The number of anilines is 1. The Morgan fingerprint density at radius 2 is 1.92 bits per heavy atom. The predicted octanol–water partition coefficient (Wildman–Crippen LogP) is 8.60.